The maximum absolute atomic E-state index is 7.05. The van der Waals surface area contributed by atoms with Crippen molar-refractivity contribution in [2.45, 2.75) is 117 Å². The summed E-state index contributed by atoms with van der Waals surface area (Å²) in [6, 6.07) is 8.00. The summed E-state index contributed by atoms with van der Waals surface area (Å²) in [7, 11) is -1.61. The number of benzene rings is 2. The molecule has 0 amide bonds. The van der Waals surface area contributed by atoms with Gasteiger partial charge in [0.1, 0.15) is 0 Å². The molecule has 0 aromatic heterocycles. The van der Waals surface area contributed by atoms with Crippen LogP contribution in [0.2, 0.25) is 54.4 Å². The molecule has 2 rings (SSSR count). The fourth-order valence-corrected chi connectivity index (χ4v) is 6.62. The third kappa shape index (κ3) is 8.46. The molecule has 0 aliphatic heterocycles. The smallest absolute Gasteiger partial charge is 0.250 e. The van der Waals surface area contributed by atoms with Crippen molar-refractivity contribution in [3.63, 3.8) is 0 Å². The summed E-state index contributed by atoms with van der Waals surface area (Å²) in [4.78, 5) is 0. The second kappa shape index (κ2) is 13.2. The average Bonchev–Trinajstić information content (AvgIpc) is 2.86. The van der Waals surface area contributed by atoms with Gasteiger partial charge in [0.2, 0.25) is 0 Å². The van der Waals surface area contributed by atoms with Crippen LogP contribution in [0.1, 0.15) is 73.4 Å². The molecule has 2 aromatic carbocycles. The van der Waals surface area contributed by atoms with E-state index in [1.54, 1.807) is 21.3 Å². The topological polar surface area (TPSA) is 55.4 Å². The lowest BCUT2D eigenvalue weighted by atomic mass is 10.1. The van der Waals surface area contributed by atoms with Crippen LogP contribution in [0.4, 0.5) is 0 Å². The SMILES string of the molecule is COc1cc(/C=C\c2ccc(OC)c(O[Si](C)(C)C(C)(C)C)c2O[Si](C)(C)C(C)(C)C)cc(OC)c1O[Si](C)(C)C(C)(C)C. The minimum atomic E-state index is -2.26. The first kappa shape index (κ1) is 37.8. The zero-order valence-electron chi connectivity index (χ0n) is 30.9. The minimum Gasteiger partial charge on any atom is -0.541 e. The zero-order chi connectivity index (χ0) is 34.1. The van der Waals surface area contributed by atoms with Crippen molar-refractivity contribution in [3.05, 3.63) is 35.4 Å². The van der Waals surface area contributed by atoms with Crippen LogP contribution in [0.3, 0.4) is 0 Å². The molecule has 0 saturated carbocycles. The van der Waals surface area contributed by atoms with Gasteiger partial charge in [-0.1, -0.05) is 74.5 Å². The molecule has 0 fully saturated rings. The molecular weight excluding hydrogens is 601 g/mol. The van der Waals surface area contributed by atoms with Gasteiger partial charge in [-0.15, -0.1) is 0 Å². The molecule has 0 atom stereocenters. The van der Waals surface area contributed by atoms with Gasteiger partial charge < -0.3 is 27.5 Å². The van der Waals surface area contributed by atoms with Crippen LogP contribution in [0.25, 0.3) is 12.2 Å². The summed E-state index contributed by atoms with van der Waals surface area (Å²) >= 11 is 0. The highest BCUT2D eigenvalue weighted by Gasteiger charge is 2.44. The van der Waals surface area contributed by atoms with Gasteiger partial charge in [-0.05, 0) is 84.2 Å². The van der Waals surface area contributed by atoms with Gasteiger partial charge in [0.15, 0.2) is 34.5 Å². The molecule has 0 unspecified atom stereocenters. The van der Waals surface area contributed by atoms with Crippen LogP contribution in [0, 0.1) is 0 Å². The fraction of sp³-hybridized carbons (Fsp3) is 0.600. The van der Waals surface area contributed by atoms with Gasteiger partial charge >= 0.3 is 0 Å². The highest BCUT2D eigenvalue weighted by Crippen LogP contribution is 2.50. The third-order valence-electron chi connectivity index (χ3n) is 9.75. The van der Waals surface area contributed by atoms with Crippen LogP contribution in [-0.4, -0.2) is 46.3 Å². The summed E-state index contributed by atoms with van der Waals surface area (Å²) < 4.78 is 38.2. The molecule has 0 bridgehead atoms. The predicted molar refractivity (Wildman–Crippen MR) is 195 cm³/mol. The van der Waals surface area contributed by atoms with Gasteiger partial charge in [0.05, 0.1) is 21.3 Å². The molecule has 0 heterocycles. The van der Waals surface area contributed by atoms with Gasteiger partial charge in [0, 0.05) is 5.56 Å². The monoisotopic (exact) mass is 660 g/mol. The lowest BCUT2D eigenvalue weighted by Crippen LogP contribution is -2.46. The summed E-state index contributed by atoms with van der Waals surface area (Å²) in [5.74, 6) is 4.02. The summed E-state index contributed by atoms with van der Waals surface area (Å²) in [6.45, 7) is 33.6. The maximum atomic E-state index is 7.05. The van der Waals surface area contributed by atoms with Gasteiger partial charge in [0.25, 0.3) is 25.0 Å². The van der Waals surface area contributed by atoms with Crippen LogP contribution >= 0.6 is 0 Å². The maximum Gasteiger partial charge on any atom is 0.250 e. The Bertz CT molecular complexity index is 1300. The molecule has 44 heavy (non-hydrogen) atoms. The van der Waals surface area contributed by atoms with E-state index in [1.807, 2.05) is 24.3 Å². The standard InChI is InChI=1S/C35H60O6Si3/c1-33(2,3)42(13,14)39-30-26(21-22-27(36-10)32(30)41-44(17,18)35(7,8)9)20-19-25-23-28(37-11)31(29(24-25)38-12)40-43(15,16)34(4,5)6/h19-24H,1-18H3/b20-19-. The normalized spacial score (nSPS) is 13.6. The molecule has 0 N–H and O–H groups in total. The molecule has 2 aromatic rings. The molecule has 0 spiro atoms. The van der Waals surface area contributed by atoms with E-state index in [1.165, 1.54) is 0 Å². The van der Waals surface area contributed by atoms with E-state index in [4.69, 9.17) is 27.5 Å². The first-order chi connectivity index (χ1) is 19.8. The van der Waals surface area contributed by atoms with Crippen molar-refractivity contribution in [1.29, 1.82) is 0 Å². The fourth-order valence-electron chi connectivity index (χ4n) is 3.56. The molecule has 0 aliphatic rings. The van der Waals surface area contributed by atoms with E-state index in [2.05, 4.69) is 114 Å². The first-order valence-corrected chi connectivity index (χ1v) is 24.3. The van der Waals surface area contributed by atoms with Crippen molar-refractivity contribution in [2.75, 3.05) is 21.3 Å². The van der Waals surface area contributed by atoms with E-state index < -0.39 is 25.0 Å². The average molecular weight is 661 g/mol. The van der Waals surface area contributed by atoms with Crippen molar-refractivity contribution >= 4 is 37.1 Å². The Morgan fingerprint density at radius 1 is 0.477 bits per heavy atom. The Balaban J connectivity index is 2.77. The molecular formula is C35H60O6Si3. The van der Waals surface area contributed by atoms with Crippen molar-refractivity contribution < 1.29 is 27.5 Å². The molecule has 9 heteroatoms. The molecule has 0 radical (unpaired) electrons. The van der Waals surface area contributed by atoms with Gasteiger partial charge in [-0.3, -0.25) is 0 Å². The third-order valence-corrected chi connectivity index (χ3v) is 22.7. The Kier molecular flexibility index (Phi) is 11.3. The second-order valence-corrected chi connectivity index (χ2v) is 30.4. The number of rotatable bonds is 11. The van der Waals surface area contributed by atoms with Crippen molar-refractivity contribution in [3.8, 4) is 34.5 Å². The van der Waals surface area contributed by atoms with Crippen molar-refractivity contribution in [1.82, 2.24) is 0 Å². The van der Waals surface area contributed by atoms with E-state index in [0.717, 1.165) is 16.9 Å². The number of methoxy groups -OCH3 is 3. The van der Waals surface area contributed by atoms with Gasteiger partial charge in [-0.25, -0.2) is 0 Å². The summed E-state index contributed by atoms with van der Waals surface area (Å²) in [6.07, 6.45) is 4.13. The molecule has 0 saturated heterocycles. The van der Waals surface area contributed by atoms with Crippen LogP contribution in [-0.2, 0) is 0 Å². The highest BCUT2D eigenvalue weighted by atomic mass is 28.4. The first-order valence-electron chi connectivity index (χ1n) is 15.5. The predicted octanol–water partition coefficient (Wildman–Crippen LogP) is 11.0. The summed E-state index contributed by atoms with van der Waals surface area (Å²) in [5, 5.41) is 0.0200. The van der Waals surface area contributed by atoms with Crippen LogP contribution in [0.15, 0.2) is 24.3 Å². The highest BCUT2D eigenvalue weighted by molar-refractivity contribution is 6.76. The number of ether oxygens (including phenoxy) is 3. The molecule has 0 aliphatic carbocycles. The van der Waals surface area contributed by atoms with Crippen LogP contribution < -0.4 is 27.5 Å². The Morgan fingerprint density at radius 3 is 1.20 bits per heavy atom. The molecule has 248 valence electrons. The largest absolute Gasteiger partial charge is 0.541 e. The summed E-state index contributed by atoms with van der Waals surface area (Å²) in [5.41, 5.74) is 1.84. The second-order valence-electron chi connectivity index (χ2n) is 16.2. The Labute approximate surface area is 271 Å². The van der Waals surface area contributed by atoms with Crippen molar-refractivity contribution in [2.24, 2.45) is 0 Å². The lowest BCUT2D eigenvalue weighted by Gasteiger charge is -2.40. The van der Waals surface area contributed by atoms with Gasteiger partial charge in [-0.2, -0.15) is 0 Å². The van der Waals surface area contributed by atoms with E-state index >= 15 is 0 Å². The Hall–Kier alpha value is -2.37. The van der Waals surface area contributed by atoms with E-state index in [-0.39, 0.29) is 15.1 Å². The van der Waals surface area contributed by atoms with E-state index in [0.29, 0.717) is 28.7 Å². The van der Waals surface area contributed by atoms with Crippen LogP contribution in [0.5, 0.6) is 34.5 Å². The number of hydrogen-bond acceptors (Lipinski definition) is 6. The molecule has 6 nitrogen and oxygen atoms in total. The lowest BCUT2D eigenvalue weighted by molar-refractivity contribution is 0.354. The number of hydrogen-bond donors (Lipinski definition) is 0. The Morgan fingerprint density at radius 2 is 0.841 bits per heavy atom. The zero-order valence-corrected chi connectivity index (χ0v) is 33.9. The minimum absolute atomic E-state index is 0.000560. The van der Waals surface area contributed by atoms with E-state index in [9.17, 15) is 0 Å². The quantitative estimate of drug-likeness (QED) is 0.177.